The van der Waals surface area contributed by atoms with Crippen LogP contribution in [0.5, 0.6) is 0 Å². The molecule has 0 unspecified atom stereocenters. The highest BCUT2D eigenvalue weighted by atomic mass is 15.1. The van der Waals surface area contributed by atoms with Crippen LogP contribution in [0.15, 0.2) is 261 Å². The minimum Gasteiger partial charge on any atom is -0.310 e. The minimum atomic E-state index is 1.08. The molecule has 0 saturated carbocycles. The molecule has 12 rings (SSSR count). The van der Waals surface area contributed by atoms with Crippen molar-refractivity contribution in [2.45, 2.75) is 0 Å². The molecule has 0 amide bonds. The van der Waals surface area contributed by atoms with Gasteiger partial charge in [-0.1, -0.05) is 212 Å². The van der Waals surface area contributed by atoms with Crippen molar-refractivity contribution >= 4 is 60.2 Å². The van der Waals surface area contributed by atoms with Crippen molar-refractivity contribution in [1.82, 2.24) is 0 Å². The number of benzene rings is 12. The third-order valence-electron chi connectivity index (χ3n) is 13.0. The molecule has 304 valence electrons. The Morgan fingerprint density at radius 2 is 0.708 bits per heavy atom. The minimum absolute atomic E-state index is 1.08. The van der Waals surface area contributed by atoms with Crippen molar-refractivity contribution in [2.75, 3.05) is 4.90 Å². The van der Waals surface area contributed by atoms with Crippen LogP contribution in [-0.4, -0.2) is 0 Å². The molecule has 12 aromatic rings. The van der Waals surface area contributed by atoms with Gasteiger partial charge in [0.15, 0.2) is 0 Å². The zero-order valence-electron chi connectivity index (χ0n) is 35.8. The molecule has 12 aromatic carbocycles. The Balaban J connectivity index is 1.02. The van der Waals surface area contributed by atoms with Gasteiger partial charge in [0.05, 0.1) is 5.69 Å². The maximum atomic E-state index is 2.44. The quantitative estimate of drug-likeness (QED) is 0.138. The van der Waals surface area contributed by atoms with E-state index in [1.807, 2.05) is 0 Å². The number of anilines is 3. The first-order valence-electron chi connectivity index (χ1n) is 22.4. The molecule has 0 heterocycles. The van der Waals surface area contributed by atoms with E-state index in [0.717, 1.165) is 28.2 Å². The van der Waals surface area contributed by atoms with Gasteiger partial charge in [-0.2, -0.15) is 0 Å². The Labute approximate surface area is 379 Å². The SMILES string of the molecule is c1ccc(-c2ccc(-c3cc4ccccc4c4ccccc34)cc2N(c2ccc(-c3cccc(-c4cccc5ccccc45)c3)cc2)c2ccc(-c3ccc4ccccc4c3)cc2)cc1. The first-order valence-corrected chi connectivity index (χ1v) is 22.4. The molecule has 0 saturated heterocycles. The van der Waals surface area contributed by atoms with Gasteiger partial charge in [0.1, 0.15) is 0 Å². The van der Waals surface area contributed by atoms with Crippen LogP contribution < -0.4 is 4.90 Å². The highest BCUT2D eigenvalue weighted by Crippen LogP contribution is 2.45. The van der Waals surface area contributed by atoms with E-state index in [0.29, 0.717) is 0 Å². The van der Waals surface area contributed by atoms with Crippen molar-refractivity contribution in [2.24, 2.45) is 0 Å². The average Bonchev–Trinajstić information content (AvgIpc) is 3.39. The molecule has 1 heteroatoms. The number of hydrogen-bond donors (Lipinski definition) is 0. The molecule has 65 heavy (non-hydrogen) atoms. The lowest BCUT2D eigenvalue weighted by atomic mass is 9.91. The van der Waals surface area contributed by atoms with Crippen LogP contribution in [0.4, 0.5) is 17.1 Å². The molecular formula is C64H43N. The topological polar surface area (TPSA) is 3.24 Å². The van der Waals surface area contributed by atoms with E-state index in [-0.39, 0.29) is 0 Å². The Morgan fingerprint density at radius 3 is 1.46 bits per heavy atom. The summed E-state index contributed by atoms with van der Waals surface area (Å²) in [5, 5.41) is 10.00. The molecule has 0 radical (unpaired) electrons. The third-order valence-corrected chi connectivity index (χ3v) is 13.0. The van der Waals surface area contributed by atoms with E-state index in [1.54, 1.807) is 0 Å². The first-order chi connectivity index (χ1) is 32.2. The van der Waals surface area contributed by atoms with Gasteiger partial charge in [-0.05, 0) is 142 Å². The standard InChI is InChI=1S/C64H43N/c1-2-15-48(16-3-1)60-39-34-54(63-42-53-19-7-9-24-59(53)61-25-10-11-26-62(61)63)43-64(60)65(56-37-32-46(33-38-56)51-29-28-44-14-4-5-18-49(44)40-51)55-35-30-45(31-36-55)50-21-12-22-52(41-50)58-27-13-20-47-17-6-8-23-57(47)58/h1-43H. The van der Waals surface area contributed by atoms with Crippen LogP contribution >= 0.6 is 0 Å². The predicted molar refractivity (Wildman–Crippen MR) is 278 cm³/mol. The monoisotopic (exact) mass is 825 g/mol. The largest absolute Gasteiger partial charge is 0.310 e. The summed E-state index contributed by atoms with van der Waals surface area (Å²) in [6.45, 7) is 0. The summed E-state index contributed by atoms with van der Waals surface area (Å²) in [6.07, 6.45) is 0. The molecule has 0 spiro atoms. The maximum absolute atomic E-state index is 2.44. The summed E-state index contributed by atoms with van der Waals surface area (Å²) >= 11 is 0. The average molecular weight is 826 g/mol. The van der Waals surface area contributed by atoms with E-state index in [1.165, 1.54) is 87.6 Å². The van der Waals surface area contributed by atoms with Crippen LogP contribution in [0.2, 0.25) is 0 Å². The summed E-state index contributed by atoms with van der Waals surface area (Å²) in [7, 11) is 0. The van der Waals surface area contributed by atoms with E-state index < -0.39 is 0 Å². The first kappa shape index (κ1) is 38.2. The van der Waals surface area contributed by atoms with Crippen molar-refractivity contribution in [3.05, 3.63) is 261 Å². The van der Waals surface area contributed by atoms with E-state index in [9.17, 15) is 0 Å². The maximum Gasteiger partial charge on any atom is 0.0546 e. The molecule has 0 aliphatic heterocycles. The smallest absolute Gasteiger partial charge is 0.0546 e. The van der Waals surface area contributed by atoms with Gasteiger partial charge in [0, 0.05) is 16.9 Å². The lowest BCUT2D eigenvalue weighted by Gasteiger charge is -2.29. The zero-order chi connectivity index (χ0) is 43.1. The molecule has 0 aliphatic carbocycles. The molecule has 0 atom stereocenters. The Morgan fingerprint density at radius 1 is 0.200 bits per heavy atom. The molecule has 0 N–H and O–H groups in total. The number of nitrogens with zero attached hydrogens (tertiary/aromatic N) is 1. The molecule has 1 nitrogen and oxygen atoms in total. The second-order valence-electron chi connectivity index (χ2n) is 16.9. The van der Waals surface area contributed by atoms with Gasteiger partial charge in [-0.15, -0.1) is 0 Å². The van der Waals surface area contributed by atoms with Crippen LogP contribution in [0.3, 0.4) is 0 Å². The van der Waals surface area contributed by atoms with Crippen LogP contribution in [-0.2, 0) is 0 Å². The van der Waals surface area contributed by atoms with Gasteiger partial charge in [0.2, 0.25) is 0 Å². The summed E-state index contributed by atoms with van der Waals surface area (Å²) in [6, 6.07) is 95.4. The Hall–Kier alpha value is -8.52. The zero-order valence-corrected chi connectivity index (χ0v) is 35.8. The van der Waals surface area contributed by atoms with Crippen molar-refractivity contribution < 1.29 is 0 Å². The summed E-state index contributed by atoms with van der Waals surface area (Å²) in [4.78, 5) is 2.44. The van der Waals surface area contributed by atoms with Crippen LogP contribution in [0.25, 0.3) is 98.7 Å². The molecule has 0 bridgehead atoms. The fraction of sp³-hybridized carbons (Fsp3) is 0. The van der Waals surface area contributed by atoms with Gasteiger partial charge in [0.25, 0.3) is 0 Å². The van der Waals surface area contributed by atoms with Gasteiger partial charge in [-0.25, -0.2) is 0 Å². The van der Waals surface area contributed by atoms with Gasteiger partial charge in [-0.3, -0.25) is 0 Å². The number of rotatable bonds is 8. The van der Waals surface area contributed by atoms with E-state index >= 15 is 0 Å². The fourth-order valence-corrected chi connectivity index (χ4v) is 9.78. The molecule has 0 aromatic heterocycles. The number of fused-ring (bicyclic) bond motifs is 5. The predicted octanol–water partition coefficient (Wildman–Crippen LogP) is 18.1. The summed E-state index contributed by atoms with van der Waals surface area (Å²) < 4.78 is 0. The Bertz CT molecular complexity index is 3690. The van der Waals surface area contributed by atoms with Crippen molar-refractivity contribution in [3.63, 3.8) is 0 Å². The van der Waals surface area contributed by atoms with E-state index in [4.69, 9.17) is 0 Å². The van der Waals surface area contributed by atoms with E-state index in [2.05, 4.69) is 266 Å². The fourth-order valence-electron chi connectivity index (χ4n) is 9.78. The van der Waals surface area contributed by atoms with Gasteiger partial charge < -0.3 is 4.90 Å². The van der Waals surface area contributed by atoms with Crippen LogP contribution in [0.1, 0.15) is 0 Å². The Kier molecular flexibility index (Phi) is 9.58. The second-order valence-corrected chi connectivity index (χ2v) is 16.9. The lowest BCUT2D eigenvalue weighted by molar-refractivity contribution is 1.28. The lowest BCUT2D eigenvalue weighted by Crippen LogP contribution is -2.11. The normalized spacial score (nSPS) is 11.4. The third kappa shape index (κ3) is 7.10. The van der Waals surface area contributed by atoms with Crippen LogP contribution in [0, 0.1) is 0 Å². The van der Waals surface area contributed by atoms with Crippen molar-refractivity contribution in [3.8, 4) is 55.6 Å². The van der Waals surface area contributed by atoms with Gasteiger partial charge >= 0.3 is 0 Å². The highest BCUT2D eigenvalue weighted by molar-refractivity contribution is 6.14. The highest BCUT2D eigenvalue weighted by Gasteiger charge is 2.20. The number of hydrogen-bond acceptors (Lipinski definition) is 1. The molecular weight excluding hydrogens is 783 g/mol. The summed E-state index contributed by atoms with van der Waals surface area (Å²) in [5.41, 5.74) is 15.2. The summed E-state index contributed by atoms with van der Waals surface area (Å²) in [5.74, 6) is 0. The molecule has 0 aliphatic rings. The van der Waals surface area contributed by atoms with Crippen molar-refractivity contribution in [1.29, 1.82) is 0 Å². The molecule has 0 fully saturated rings. The second kappa shape index (κ2) is 16.3.